The van der Waals surface area contributed by atoms with Gasteiger partial charge in [0.25, 0.3) is 0 Å². The predicted molar refractivity (Wildman–Crippen MR) is 108 cm³/mol. The Balaban J connectivity index is 2.16. The molecule has 0 fully saturated rings. The molecule has 1 unspecified atom stereocenters. The summed E-state index contributed by atoms with van der Waals surface area (Å²) in [5, 5.41) is 11.5. The van der Waals surface area contributed by atoms with Crippen LogP contribution in [0.15, 0.2) is 29.4 Å². The van der Waals surface area contributed by atoms with Crippen LogP contribution in [0.2, 0.25) is 0 Å². The van der Waals surface area contributed by atoms with Crippen LogP contribution in [-0.2, 0) is 10.2 Å². The number of nitrogen functional groups attached to an aromatic ring is 1. The zero-order valence-corrected chi connectivity index (χ0v) is 17.4. The number of benzene rings is 1. The maximum atomic E-state index is 12.3. The highest BCUT2D eigenvalue weighted by molar-refractivity contribution is 8.00. The molecule has 0 aliphatic carbocycles. The molecule has 0 saturated heterocycles. The van der Waals surface area contributed by atoms with Gasteiger partial charge in [-0.3, -0.25) is 4.79 Å². The van der Waals surface area contributed by atoms with Crippen molar-refractivity contribution in [2.45, 2.75) is 69.8 Å². The summed E-state index contributed by atoms with van der Waals surface area (Å²) in [5.41, 5.74) is 1.95. The van der Waals surface area contributed by atoms with E-state index in [2.05, 4.69) is 48.4 Å². The molecule has 0 aliphatic rings. The molecule has 0 aliphatic heterocycles. The first kappa shape index (κ1) is 20.3. The summed E-state index contributed by atoms with van der Waals surface area (Å²) in [6, 6.07) is 8.16. The summed E-state index contributed by atoms with van der Waals surface area (Å²) in [7, 11) is 0. The summed E-state index contributed by atoms with van der Waals surface area (Å²) in [4.78, 5) is 12.3. The minimum Gasteiger partial charge on any atom is -0.351 e. The lowest BCUT2D eigenvalue weighted by atomic mass is 9.87. The zero-order valence-electron chi connectivity index (χ0n) is 16.6. The van der Waals surface area contributed by atoms with Crippen LogP contribution >= 0.6 is 11.8 Å². The number of rotatable bonds is 4. The topological polar surface area (TPSA) is 85.8 Å². The highest BCUT2D eigenvalue weighted by Crippen LogP contribution is 2.27. The number of nitrogens with two attached hydrogens (primary N) is 1. The van der Waals surface area contributed by atoms with Crippen molar-refractivity contribution in [2.24, 2.45) is 0 Å². The number of nitrogens with zero attached hydrogens (tertiary/aromatic N) is 3. The Morgan fingerprint density at radius 2 is 1.69 bits per heavy atom. The molecule has 1 amide bonds. The van der Waals surface area contributed by atoms with E-state index < -0.39 is 0 Å². The minimum atomic E-state index is -0.322. The van der Waals surface area contributed by atoms with Crippen LogP contribution < -0.4 is 11.2 Å². The first-order chi connectivity index (χ1) is 11.9. The van der Waals surface area contributed by atoms with Gasteiger partial charge in [0.15, 0.2) is 5.82 Å². The van der Waals surface area contributed by atoms with Gasteiger partial charge in [0.2, 0.25) is 11.1 Å². The Morgan fingerprint density at radius 1 is 1.12 bits per heavy atom. The number of carbonyl (C=O) groups excluding carboxylic acids is 1. The summed E-state index contributed by atoms with van der Waals surface area (Å²) in [6.07, 6.45) is 0. The lowest BCUT2D eigenvalue weighted by Crippen LogP contribution is -2.44. The molecule has 1 aromatic carbocycles. The van der Waals surface area contributed by atoms with Gasteiger partial charge in [0, 0.05) is 11.1 Å². The van der Waals surface area contributed by atoms with Crippen LogP contribution in [0.4, 0.5) is 0 Å². The molecule has 0 spiro atoms. The van der Waals surface area contributed by atoms with E-state index in [9.17, 15) is 4.79 Å². The van der Waals surface area contributed by atoms with Crippen molar-refractivity contribution in [1.29, 1.82) is 0 Å². The van der Waals surface area contributed by atoms with E-state index in [4.69, 9.17) is 5.84 Å². The largest absolute Gasteiger partial charge is 0.351 e. The van der Waals surface area contributed by atoms with Crippen molar-refractivity contribution in [3.8, 4) is 11.4 Å². The van der Waals surface area contributed by atoms with Crippen LogP contribution in [0.25, 0.3) is 11.4 Å². The fraction of sp³-hybridized carbons (Fsp3) is 0.526. The third-order valence-corrected chi connectivity index (χ3v) is 4.88. The van der Waals surface area contributed by atoms with Crippen molar-refractivity contribution in [2.75, 3.05) is 5.84 Å². The molecular formula is C19H29N5OS. The molecule has 0 saturated carbocycles. The normalized spacial score (nSPS) is 13.5. The molecule has 6 nitrogen and oxygen atoms in total. The molecular weight excluding hydrogens is 346 g/mol. The molecule has 1 aromatic heterocycles. The number of thioether (sulfide) groups is 1. The van der Waals surface area contributed by atoms with Crippen LogP contribution in [-0.4, -0.2) is 31.6 Å². The zero-order chi connectivity index (χ0) is 19.7. The molecule has 1 atom stereocenters. The van der Waals surface area contributed by atoms with Crippen molar-refractivity contribution in [1.82, 2.24) is 20.2 Å². The van der Waals surface area contributed by atoms with Gasteiger partial charge in [-0.1, -0.05) is 56.8 Å². The maximum Gasteiger partial charge on any atom is 0.233 e. The van der Waals surface area contributed by atoms with Crippen molar-refractivity contribution in [3.05, 3.63) is 29.8 Å². The second-order valence-corrected chi connectivity index (χ2v) is 9.81. The molecule has 1 heterocycles. The SMILES string of the molecule is CC(Sc1nnc(-c2ccc(C(C)(C)C)cc2)n1N)C(=O)NC(C)(C)C. The van der Waals surface area contributed by atoms with Crippen LogP contribution in [0.1, 0.15) is 54.0 Å². The second kappa shape index (κ2) is 7.31. The summed E-state index contributed by atoms with van der Waals surface area (Å²) in [5.74, 6) is 6.70. The number of hydrogen-bond donors (Lipinski definition) is 2. The van der Waals surface area contributed by atoms with E-state index in [1.165, 1.54) is 22.0 Å². The predicted octanol–water partition coefficient (Wildman–Crippen LogP) is 3.35. The second-order valence-electron chi connectivity index (χ2n) is 8.50. The van der Waals surface area contributed by atoms with Crippen molar-refractivity contribution >= 4 is 17.7 Å². The summed E-state index contributed by atoms with van der Waals surface area (Å²) in [6.45, 7) is 14.2. The van der Waals surface area contributed by atoms with Gasteiger partial charge in [-0.2, -0.15) is 0 Å². The Labute approximate surface area is 159 Å². The number of aromatic nitrogens is 3. The Morgan fingerprint density at radius 3 is 2.19 bits per heavy atom. The number of hydrogen-bond acceptors (Lipinski definition) is 5. The van der Waals surface area contributed by atoms with Gasteiger partial charge in [0.05, 0.1) is 5.25 Å². The molecule has 7 heteroatoms. The van der Waals surface area contributed by atoms with Crippen molar-refractivity contribution in [3.63, 3.8) is 0 Å². The average Bonchev–Trinajstić information content (AvgIpc) is 2.86. The van der Waals surface area contributed by atoms with E-state index in [1.807, 2.05) is 39.8 Å². The molecule has 2 rings (SSSR count). The highest BCUT2D eigenvalue weighted by Gasteiger charge is 2.23. The Hall–Kier alpha value is -2.02. The lowest BCUT2D eigenvalue weighted by Gasteiger charge is -2.22. The third kappa shape index (κ3) is 5.00. The monoisotopic (exact) mass is 375 g/mol. The quantitative estimate of drug-likeness (QED) is 0.632. The molecule has 2 aromatic rings. The standard InChI is InChI=1S/C19H29N5OS/c1-12(16(25)21-19(5,6)7)26-17-23-22-15(24(17)20)13-8-10-14(11-9-13)18(2,3)4/h8-12H,20H2,1-7H3,(H,21,25). The third-order valence-electron chi connectivity index (χ3n) is 3.82. The summed E-state index contributed by atoms with van der Waals surface area (Å²) < 4.78 is 1.44. The summed E-state index contributed by atoms with van der Waals surface area (Å²) >= 11 is 1.29. The van der Waals surface area contributed by atoms with Gasteiger partial charge >= 0.3 is 0 Å². The molecule has 0 radical (unpaired) electrons. The number of carbonyl (C=O) groups is 1. The highest BCUT2D eigenvalue weighted by atomic mass is 32.2. The minimum absolute atomic E-state index is 0.0541. The molecule has 26 heavy (non-hydrogen) atoms. The van der Waals surface area contributed by atoms with E-state index >= 15 is 0 Å². The van der Waals surface area contributed by atoms with E-state index in [0.717, 1.165) is 5.56 Å². The van der Waals surface area contributed by atoms with Gasteiger partial charge in [0.1, 0.15) is 0 Å². The van der Waals surface area contributed by atoms with Gasteiger partial charge in [-0.05, 0) is 38.7 Å². The van der Waals surface area contributed by atoms with E-state index in [-0.39, 0.29) is 22.1 Å². The Bertz CT molecular complexity index is 769. The Kier molecular flexibility index (Phi) is 5.70. The fourth-order valence-corrected chi connectivity index (χ4v) is 3.13. The fourth-order valence-electron chi connectivity index (χ4n) is 2.36. The van der Waals surface area contributed by atoms with Crippen molar-refractivity contribution < 1.29 is 4.79 Å². The van der Waals surface area contributed by atoms with E-state index in [0.29, 0.717) is 11.0 Å². The van der Waals surface area contributed by atoms with Crippen LogP contribution in [0.3, 0.4) is 0 Å². The molecule has 3 N–H and O–H groups in total. The maximum absolute atomic E-state index is 12.3. The average molecular weight is 376 g/mol. The van der Waals surface area contributed by atoms with E-state index in [1.54, 1.807) is 0 Å². The molecule has 142 valence electrons. The first-order valence-electron chi connectivity index (χ1n) is 8.68. The lowest BCUT2D eigenvalue weighted by molar-refractivity contribution is -0.121. The van der Waals surface area contributed by atoms with Crippen LogP contribution in [0, 0.1) is 0 Å². The smallest absolute Gasteiger partial charge is 0.233 e. The first-order valence-corrected chi connectivity index (χ1v) is 9.56. The van der Waals surface area contributed by atoms with Gasteiger partial charge in [-0.25, -0.2) is 4.68 Å². The van der Waals surface area contributed by atoms with Gasteiger partial charge in [-0.15, -0.1) is 10.2 Å². The van der Waals surface area contributed by atoms with Crippen LogP contribution in [0.5, 0.6) is 0 Å². The number of amides is 1. The molecule has 0 bridgehead atoms. The number of nitrogens with one attached hydrogen (secondary N) is 1. The van der Waals surface area contributed by atoms with Gasteiger partial charge < -0.3 is 11.2 Å².